The number of carboxylic acids is 1. The van der Waals surface area contributed by atoms with Gasteiger partial charge >= 0.3 is 12.0 Å². The molecule has 3 N–H and O–H groups in total. The Kier molecular flexibility index (Phi) is 6.48. The molecule has 0 aliphatic heterocycles. The Morgan fingerprint density at radius 3 is 2.58 bits per heavy atom. The molecule has 1 fully saturated rings. The molecule has 6 heteroatoms. The van der Waals surface area contributed by atoms with Crippen LogP contribution < -0.4 is 10.6 Å². The van der Waals surface area contributed by atoms with Crippen molar-refractivity contribution in [1.29, 1.82) is 0 Å². The number of hydrogen-bond donors (Lipinski definition) is 3. The van der Waals surface area contributed by atoms with Gasteiger partial charge in [0.25, 0.3) is 0 Å². The van der Waals surface area contributed by atoms with Gasteiger partial charge in [-0.3, -0.25) is 0 Å². The second-order valence-electron chi connectivity index (χ2n) is 5.25. The molecule has 1 saturated carbocycles. The van der Waals surface area contributed by atoms with Gasteiger partial charge in [-0.1, -0.05) is 13.3 Å². The summed E-state index contributed by atoms with van der Waals surface area (Å²) in [5.41, 5.74) is 0.282. The van der Waals surface area contributed by atoms with Crippen LogP contribution in [-0.2, 0) is 4.79 Å². The van der Waals surface area contributed by atoms with Gasteiger partial charge in [0.1, 0.15) is 6.04 Å². The third-order valence-corrected chi connectivity index (χ3v) is 4.22. The number of amides is 2. The summed E-state index contributed by atoms with van der Waals surface area (Å²) in [4.78, 5) is 22.7. The highest BCUT2D eigenvalue weighted by atomic mass is 32.2. The van der Waals surface area contributed by atoms with Gasteiger partial charge in [0.05, 0.1) is 0 Å². The van der Waals surface area contributed by atoms with Gasteiger partial charge in [-0.15, -0.1) is 0 Å². The van der Waals surface area contributed by atoms with E-state index in [-0.39, 0.29) is 11.4 Å². The van der Waals surface area contributed by atoms with Crippen LogP contribution in [0, 0.1) is 5.41 Å². The summed E-state index contributed by atoms with van der Waals surface area (Å²) in [7, 11) is 0. The van der Waals surface area contributed by atoms with Gasteiger partial charge in [0.15, 0.2) is 0 Å². The van der Waals surface area contributed by atoms with E-state index in [4.69, 9.17) is 5.11 Å². The van der Waals surface area contributed by atoms with Gasteiger partial charge in [0, 0.05) is 6.54 Å². The molecule has 1 aliphatic carbocycles. The summed E-state index contributed by atoms with van der Waals surface area (Å²) in [6.45, 7) is 2.80. The Balaban J connectivity index is 2.30. The van der Waals surface area contributed by atoms with Crippen molar-refractivity contribution in [2.75, 3.05) is 18.6 Å². The Bertz CT molecular complexity index is 319. The molecule has 19 heavy (non-hydrogen) atoms. The number of urea groups is 1. The molecule has 110 valence electrons. The molecule has 5 nitrogen and oxygen atoms in total. The van der Waals surface area contributed by atoms with Crippen molar-refractivity contribution in [2.45, 2.75) is 45.1 Å². The number of nitrogens with one attached hydrogen (secondary N) is 2. The molecule has 0 heterocycles. The first kappa shape index (κ1) is 16.1. The van der Waals surface area contributed by atoms with Gasteiger partial charge in [-0.2, -0.15) is 11.8 Å². The lowest BCUT2D eigenvalue weighted by Crippen LogP contribution is -2.47. The highest BCUT2D eigenvalue weighted by molar-refractivity contribution is 7.98. The van der Waals surface area contributed by atoms with Crippen molar-refractivity contribution in [3.05, 3.63) is 0 Å². The molecule has 1 rings (SSSR count). The molecule has 1 atom stereocenters. The minimum absolute atomic E-state index is 0.282. The molecular formula is C13H24N2O3S. The minimum atomic E-state index is -0.973. The van der Waals surface area contributed by atoms with Crippen molar-refractivity contribution in [2.24, 2.45) is 5.41 Å². The van der Waals surface area contributed by atoms with Crippen LogP contribution >= 0.6 is 11.8 Å². The van der Waals surface area contributed by atoms with E-state index >= 15 is 0 Å². The molecule has 1 aliphatic rings. The Labute approximate surface area is 118 Å². The van der Waals surface area contributed by atoms with E-state index in [0.29, 0.717) is 13.0 Å². The first-order chi connectivity index (χ1) is 9.03. The fraction of sp³-hybridized carbons (Fsp3) is 0.846. The number of carbonyl (C=O) groups is 2. The largest absolute Gasteiger partial charge is 0.480 e. The van der Waals surface area contributed by atoms with Crippen LogP contribution in [0.2, 0.25) is 0 Å². The maximum atomic E-state index is 11.7. The van der Waals surface area contributed by atoms with Crippen LogP contribution in [0.1, 0.15) is 39.0 Å². The van der Waals surface area contributed by atoms with E-state index in [2.05, 4.69) is 17.6 Å². The second kappa shape index (κ2) is 7.62. The van der Waals surface area contributed by atoms with Gasteiger partial charge in [0.2, 0.25) is 0 Å². The monoisotopic (exact) mass is 288 g/mol. The standard InChI is InChI=1S/C13H24N2O3S/c1-3-5-13(6-7-13)9-14-12(18)15-10(11(16)17)4-8-19-2/h10H,3-9H2,1-2H3,(H,16,17)(H2,14,15,18)/t10-/m0/s1. The van der Waals surface area contributed by atoms with Crippen molar-refractivity contribution in [3.8, 4) is 0 Å². The topological polar surface area (TPSA) is 78.4 Å². The SMILES string of the molecule is CCCC1(CNC(=O)N[C@@H](CCSC)C(=O)O)CC1. The smallest absolute Gasteiger partial charge is 0.326 e. The number of carbonyl (C=O) groups excluding carboxylic acids is 1. The average molecular weight is 288 g/mol. The molecule has 0 aromatic heterocycles. The maximum Gasteiger partial charge on any atom is 0.326 e. The predicted octanol–water partition coefficient (Wildman–Crippen LogP) is 2.07. The summed E-state index contributed by atoms with van der Waals surface area (Å²) in [6.07, 6.45) is 6.94. The van der Waals surface area contributed by atoms with Crippen molar-refractivity contribution in [3.63, 3.8) is 0 Å². The van der Waals surface area contributed by atoms with Gasteiger partial charge in [-0.25, -0.2) is 9.59 Å². The molecule has 0 aromatic rings. The molecule has 0 saturated heterocycles. The second-order valence-corrected chi connectivity index (χ2v) is 6.23. The highest BCUT2D eigenvalue weighted by Crippen LogP contribution is 2.48. The Morgan fingerprint density at radius 1 is 1.42 bits per heavy atom. The van der Waals surface area contributed by atoms with Crippen molar-refractivity contribution in [1.82, 2.24) is 10.6 Å². The lowest BCUT2D eigenvalue weighted by molar-refractivity contribution is -0.139. The molecular weight excluding hydrogens is 264 g/mol. The summed E-state index contributed by atoms with van der Waals surface area (Å²) >= 11 is 1.57. The molecule has 0 radical (unpaired) electrons. The van der Waals surface area contributed by atoms with E-state index in [0.717, 1.165) is 31.4 Å². The van der Waals surface area contributed by atoms with E-state index in [1.807, 2.05) is 6.26 Å². The molecule has 0 aromatic carbocycles. The van der Waals surface area contributed by atoms with E-state index < -0.39 is 12.0 Å². The minimum Gasteiger partial charge on any atom is -0.480 e. The zero-order valence-corrected chi connectivity index (χ0v) is 12.5. The van der Waals surface area contributed by atoms with Gasteiger partial charge < -0.3 is 15.7 Å². The number of rotatable bonds is 9. The fourth-order valence-electron chi connectivity index (χ4n) is 2.19. The lowest BCUT2D eigenvalue weighted by atomic mass is 10.0. The fourth-order valence-corrected chi connectivity index (χ4v) is 2.66. The van der Waals surface area contributed by atoms with Crippen molar-refractivity contribution < 1.29 is 14.7 Å². The molecule has 0 bridgehead atoms. The quantitative estimate of drug-likeness (QED) is 0.607. The lowest BCUT2D eigenvalue weighted by Gasteiger charge is -2.18. The third-order valence-electron chi connectivity index (χ3n) is 3.58. The van der Waals surface area contributed by atoms with Crippen molar-refractivity contribution >= 4 is 23.8 Å². The van der Waals surface area contributed by atoms with E-state index in [1.54, 1.807) is 11.8 Å². The summed E-state index contributed by atoms with van der Waals surface area (Å²) < 4.78 is 0. The summed E-state index contributed by atoms with van der Waals surface area (Å²) in [6, 6.07) is -1.16. The maximum absolute atomic E-state index is 11.7. The Morgan fingerprint density at radius 2 is 2.11 bits per heavy atom. The van der Waals surface area contributed by atoms with Crippen LogP contribution in [0.3, 0.4) is 0 Å². The average Bonchev–Trinajstić information content (AvgIpc) is 3.12. The van der Waals surface area contributed by atoms with Crippen LogP contribution in [-0.4, -0.2) is 41.7 Å². The van der Waals surface area contributed by atoms with E-state index in [9.17, 15) is 9.59 Å². The summed E-state index contributed by atoms with van der Waals surface area (Å²) in [5, 5.41) is 14.4. The van der Waals surface area contributed by atoms with Gasteiger partial charge in [-0.05, 0) is 43.1 Å². The zero-order chi connectivity index (χ0) is 14.3. The van der Waals surface area contributed by atoms with Crippen LogP contribution in [0.25, 0.3) is 0 Å². The van der Waals surface area contributed by atoms with Crippen LogP contribution in [0.5, 0.6) is 0 Å². The molecule has 0 spiro atoms. The number of carboxylic acid groups (broad SMARTS) is 1. The summed E-state index contributed by atoms with van der Waals surface area (Å²) in [5.74, 6) is -0.254. The normalized spacial score (nSPS) is 17.6. The predicted molar refractivity (Wildman–Crippen MR) is 77.5 cm³/mol. The Hall–Kier alpha value is -0.910. The first-order valence-electron chi connectivity index (χ1n) is 6.79. The zero-order valence-electron chi connectivity index (χ0n) is 11.7. The van der Waals surface area contributed by atoms with Crippen LogP contribution in [0.4, 0.5) is 4.79 Å². The van der Waals surface area contributed by atoms with E-state index in [1.165, 1.54) is 0 Å². The number of hydrogen-bond acceptors (Lipinski definition) is 3. The molecule has 0 unspecified atom stereocenters. The number of thioether (sulfide) groups is 1. The third kappa shape index (κ3) is 5.72. The first-order valence-corrected chi connectivity index (χ1v) is 8.18. The highest BCUT2D eigenvalue weighted by Gasteiger charge is 2.41. The van der Waals surface area contributed by atoms with Crippen LogP contribution in [0.15, 0.2) is 0 Å². The molecule has 2 amide bonds. The number of aliphatic carboxylic acids is 1.